The lowest BCUT2D eigenvalue weighted by molar-refractivity contribution is 0.0954. The maximum absolute atomic E-state index is 12.1. The Kier molecular flexibility index (Phi) is 4.82. The Labute approximate surface area is 141 Å². The van der Waals surface area contributed by atoms with E-state index in [2.05, 4.69) is 22.7 Å². The summed E-state index contributed by atoms with van der Waals surface area (Å²) >= 11 is 0. The molecule has 1 N–H and O–H groups in total. The van der Waals surface area contributed by atoms with Gasteiger partial charge >= 0.3 is 0 Å². The summed E-state index contributed by atoms with van der Waals surface area (Å²) in [7, 11) is 0. The van der Waals surface area contributed by atoms with Crippen LogP contribution in [0.4, 0.5) is 0 Å². The Morgan fingerprint density at radius 2 is 1.46 bits per heavy atom. The van der Waals surface area contributed by atoms with Crippen molar-refractivity contribution in [2.24, 2.45) is 5.10 Å². The molecule has 0 fully saturated rings. The highest BCUT2D eigenvalue weighted by Gasteiger charge is 2.06. The molecule has 0 radical (unpaired) electrons. The van der Waals surface area contributed by atoms with E-state index in [0.717, 1.165) is 16.7 Å². The van der Waals surface area contributed by atoms with E-state index in [1.807, 2.05) is 67.6 Å². The van der Waals surface area contributed by atoms with Crippen LogP contribution in [0.5, 0.6) is 0 Å². The van der Waals surface area contributed by atoms with Crippen molar-refractivity contribution >= 4 is 12.1 Å². The molecule has 118 valence electrons. The van der Waals surface area contributed by atoms with Crippen molar-refractivity contribution in [1.29, 1.82) is 0 Å². The minimum absolute atomic E-state index is 0.203. The summed E-state index contributed by atoms with van der Waals surface area (Å²) in [6, 6.07) is 25.7. The van der Waals surface area contributed by atoms with Gasteiger partial charge in [0.05, 0.1) is 6.21 Å². The van der Waals surface area contributed by atoms with Gasteiger partial charge in [0.2, 0.25) is 0 Å². The summed E-state index contributed by atoms with van der Waals surface area (Å²) in [5, 5.41) is 4.04. The molecule has 0 unspecified atom stereocenters. The monoisotopic (exact) mass is 314 g/mol. The van der Waals surface area contributed by atoms with Gasteiger partial charge in [0.15, 0.2) is 0 Å². The maximum Gasteiger partial charge on any atom is 0.271 e. The molecule has 24 heavy (non-hydrogen) atoms. The first-order valence-corrected chi connectivity index (χ1v) is 7.78. The van der Waals surface area contributed by atoms with E-state index in [1.165, 1.54) is 5.56 Å². The number of benzene rings is 3. The molecule has 0 atom stereocenters. The SMILES string of the molecule is Cc1ccccc1C(=O)N/N=C/c1ccc(-c2ccccc2)cc1. The minimum Gasteiger partial charge on any atom is -0.267 e. The molecule has 0 saturated heterocycles. The summed E-state index contributed by atoms with van der Waals surface area (Å²) in [6.45, 7) is 1.90. The molecule has 3 aromatic rings. The minimum atomic E-state index is -0.203. The van der Waals surface area contributed by atoms with Crippen LogP contribution in [-0.2, 0) is 0 Å². The summed E-state index contributed by atoms with van der Waals surface area (Å²) in [5.74, 6) is -0.203. The normalized spacial score (nSPS) is 10.7. The molecular weight excluding hydrogens is 296 g/mol. The lowest BCUT2D eigenvalue weighted by atomic mass is 10.0. The largest absolute Gasteiger partial charge is 0.271 e. The highest BCUT2D eigenvalue weighted by atomic mass is 16.2. The van der Waals surface area contributed by atoms with Crippen molar-refractivity contribution in [3.8, 4) is 11.1 Å². The van der Waals surface area contributed by atoms with Crippen LogP contribution >= 0.6 is 0 Å². The zero-order chi connectivity index (χ0) is 16.8. The van der Waals surface area contributed by atoms with Crippen LogP contribution in [0.15, 0.2) is 84.0 Å². The lowest BCUT2D eigenvalue weighted by Crippen LogP contribution is -2.18. The van der Waals surface area contributed by atoms with Crippen molar-refractivity contribution in [3.05, 3.63) is 95.6 Å². The van der Waals surface area contributed by atoms with E-state index in [-0.39, 0.29) is 5.91 Å². The first-order valence-electron chi connectivity index (χ1n) is 7.78. The Hall–Kier alpha value is -3.20. The molecule has 0 aliphatic carbocycles. The molecule has 3 nitrogen and oxygen atoms in total. The quantitative estimate of drug-likeness (QED) is 0.562. The fourth-order valence-corrected chi connectivity index (χ4v) is 2.45. The van der Waals surface area contributed by atoms with Gasteiger partial charge < -0.3 is 0 Å². The molecule has 0 heterocycles. The average molecular weight is 314 g/mol. The number of hydrogen-bond acceptors (Lipinski definition) is 2. The van der Waals surface area contributed by atoms with E-state index >= 15 is 0 Å². The van der Waals surface area contributed by atoms with Crippen molar-refractivity contribution in [3.63, 3.8) is 0 Å². The van der Waals surface area contributed by atoms with Crippen LogP contribution in [0.2, 0.25) is 0 Å². The van der Waals surface area contributed by atoms with Gasteiger partial charge in [0, 0.05) is 5.56 Å². The highest BCUT2D eigenvalue weighted by molar-refractivity contribution is 5.96. The van der Waals surface area contributed by atoms with Crippen LogP contribution in [0.1, 0.15) is 21.5 Å². The molecule has 3 heteroatoms. The van der Waals surface area contributed by atoms with Crippen molar-refractivity contribution in [2.45, 2.75) is 6.92 Å². The Morgan fingerprint density at radius 3 is 2.17 bits per heavy atom. The second kappa shape index (κ2) is 7.38. The summed E-state index contributed by atoms with van der Waals surface area (Å²) in [4.78, 5) is 12.1. The zero-order valence-electron chi connectivity index (χ0n) is 13.4. The predicted molar refractivity (Wildman–Crippen MR) is 98.1 cm³/mol. The maximum atomic E-state index is 12.1. The number of nitrogens with zero attached hydrogens (tertiary/aromatic N) is 1. The van der Waals surface area contributed by atoms with Crippen LogP contribution in [0.3, 0.4) is 0 Å². The fourth-order valence-electron chi connectivity index (χ4n) is 2.45. The Bertz CT molecular complexity index is 853. The van der Waals surface area contributed by atoms with Crippen LogP contribution in [0.25, 0.3) is 11.1 Å². The zero-order valence-corrected chi connectivity index (χ0v) is 13.4. The molecule has 0 aliphatic heterocycles. The molecule has 0 spiro atoms. The molecule has 0 bridgehead atoms. The first kappa shape index (κ1) is 15.7. The van der Waals surface area contributed by atoms with Gasteiger partial charge in [-0.25, -0.2) is 5.43 Å². The number of nitrogens with one attached hydrogen (secondary N) is 1. The van der Waals surface area contributed by atoms with Gasteiger partial charge in [-0.05, 0) is 35.2 Å². The summed E-state index contributed by atoms with van der Waals surface area (Å²) < 4.78 is 0. The molecular formula is C21H18N2O. The van der Waals surface area contributed by atoms with E-state index in [0.29, 0.717) is 5.56 Å². The van der Waals surface area contributed by atoms with E-state index < -0.39 is 0 Å². The number of carbonyl (C=O) groups is 1. The predicted octanol–water partition coefficient (Wildman–Crippen LogP) is 4.43. The third kappa shape index (κ3) is 3.76. The number of carbonyl (C=O) groups excluding carboxylic acids is 1. The summed E-state index contributed by atoms with van der Waals surface area (Å²) in [5.41, 5.74) is 7.38. The van der Waals surface area contributed by atoms with Crippen LogP contribution in [0, 0.1) is 6.92 Å². The second-order valence-corrected chi connectivity index (χ2v) is 5.50. The molecule has 3 rings (SSSR count). The van der Waals surface area contributed by atoms with Gasteiger partial charge in [-0.15, -0.1) is 0 Å². The lowest BCUT2D eigenvalue weighted by Gasteiger charge is -2.03. The van der Waals surface area contributed by atoms with Gasteiger partial charge in [0.25, 0.3) is 5.91 Å². The molecule has 0 aliphatic rings. The molecule has 3 aromatic carbocycles. The highest BCUT2D eigenvalue weighted by Crippen LogP contribution is 2.18. The standard InChI is InChI=1S/C21H18N2O/c1-16-7-5-6-10-20(16)21(24)23-22-15-17-11-13-19(14-12-17)18-8-3-2-4-9-18/h2-15H,1H3,(H,23,24)/b22-15+. The van der Waals surface area contributed by atoms with E-state index in [1.54, 1.807) is 12.3 Å². The molecule has 0 aromatic heterocycles. The van der Waals surface area contributed by atoms with Crippen molar-refractivity contribution < 1.29 is 4.79 Å². The summed E-state index contributed by atoms with van der Waals surface area (Å²) in [6.07, 6.45) is 1.64. The first-order chi connectivity index (χ1) is 11.7. The number of hydrogen-bond donors (Lipinski definition) is 1. The average Bonchev–Trinajstić information content (AvgIpc) is 2.63. The Balaban J connectivity index is 1.65. The third-order valence-corrected chi connectivity index (χ3v) is 3.79. The van der Waals surface area contributed by atoms with Gasteiger partial charge in [-0.1, -0.05) is 72.8 Å². The molecule has 1 amide bonds. The van der Waals surface area contributed by atoms with Crippen molar-refractivity contribution in [1.82, 2.24) is 5.43 Å². The van der Waals surface area contributed by atoms with Crippen molar-refractivity contribution in [2.75, 3.05) is 0 Å². The third-order valence-electron chi connectivity index (χ3n) is 3.79. The number of rotatable bonds is 4. The Morgan fingerprint density at radius 1 is 0.833 bits per heavy atom. The topological polar surface area (TPSA) is 41.5 Å². The number of hydrazone groups is 1. The number of amides is 1. The smallest absolute Gasteiger partial charge is 0.267 e. The van der Waals surface area contributed by atoms with E-state index in [9.17, 15) is 4.79 Å². The molecule has 0 saturated carbocycles. The fraction of sp³-hybridized carbons (Fsp3) is 0.0476. The number of aryl methyl sites for hydroxylation is 1. The van der Waals surface area contributed by atoms with Gasteiger partial charge in [0.1, 0.15) is 0 Å². The van der Waals surface area contributed by atoms with Gasteiger partial charge in [-0.3, -0.25) is 4.79 Å². The second-order valence-electron chi connectivity index (χ2n) is 5.50. The van der Waals surface area contributed by atoms with Crippen LogP contribution in [-0.4, -0.2) is 12.1 Å². The van der Waals surface area contributed by atoms with Gasteiger partial charge in [-0.2, -0.15) is 5.10 Å². The van der Waals surface area contributed by atoms with E-state index in [4.69, 9.17) is 0 Å². The van der Waals surface area contributed by atoms with Crippen LogP contribution < -0.4 is 5.43 Å².